The van der Waals surface area contributed by atoms with E-state index in [0.29, 0.717) is 6.42 Å². The van der Waals surface area contributed by atoms with Gasteiger partial charge in [0, 0.05) is 6.42 Å². The van der Waals surface area contributed by atoms with E-state index >= 15 is 0 Å². The SMILES string of the molecule is CCCCCCCCCCCCCCCCCC(=O)NC(CC(=O)O)C(=O)[O-].[Na+]. The van der Waals surface area contributed by atoms with Crippen molar-refractivity contribution in [3.63, 3.8) is 0 Å². The molecule has 1 amide bonds. The van der Waals surface area contributed by atoms with E-state index in [4.69, 9.17) is 5.11 Å². The van der Waals surface area contributed by atoms with E-state index in [9.17, 15) is 19.5 Å². The van der Waals surface area contributed by atoms with Crippen molar-refractivity contribution in [2.24, 2.45) is 0 Å². The van der Waals surface area contributed by atoms with Crippen LogP contribution in [0.1, 0.15) is 116 Å². The minimum atomic E-state index is -1.56. The summed E-state index contributed by atoms with van der Waals surface area (Å²) in [6.07, 6.45) is 18.1. The number of carboxylic acid groups (broad SMARTS) is 2. The minimum Gasteiger partial charge on any atom is -0.548 e. The van der Waals surface area contributed by atoms with Gasteiger partial charge >= 0.3 is 35.5 Å². The van der Waals surface area contributed by atoms with Crippen LogP contribution in [0.4, 0.5) is 0 Å². The second-order valence-electron chi connectivity index (χ2n) is 7.74. The summed E-state index contributed by atoms with van der Waals surface area (Å²) in [6, 6.07) is -1.46. The minimum absolute atomic E-state index is 0. The molecule has 1 unspecified atom stereocenters. The van der Waals surface area contributed by atoms with Gasteiger partial charge in [-0.25, -0.2) is 0 Å². The molecule has 0 aromatic rings. The number of hydrogen-bond acceptors (Lipinski definition) is 4. The molecule has 6 nitrogen and oxygen atoms in total. The van der Waals surface area contributed by atoms with Crippen molar-refractivity contribution in [2.75, 3.05) is 0 Å². The summed E-state index contributed by atoms with van der Waals surface area (Å²) in [5.74, 6) is -3.26. The molecule has 164 valence electrons. The van der Waals surface area contributed by atoms with Crippen molar-refractivity contribution in [3.05, 3.63) is 0 Å². The number of amides is 1. The smallest absolute Gasteiger partial charge is 0.548 e. The van der Waals surface area contributed by atoms with Crippen LogP contribution in [0.25, 0.3) is 0 Å². The van der Waals surface area contributed by atoms with Gasteiger partial charge < -0.3 is 20.3 Å². The number of carbonyl (C=O) groups is 3. The first-order valence-corrected chi connectivity index (χ1v) is 11.2. The first kappa shape index (κ1) is 30.6. The number of nitrogens with one attached hydrogen (secondary N) is 1. The zero-order valence-electron chi connectivity index (χ0n) is 18.7. The molecule has 0 bridgehead atoms. The van der Waals surface area contributed by atoms with Crippen LogP contribution in [0.5, 0.6) is 0 Å². The fraction of sp³-hybridized carbons (Fsp3) is 0.864. The molecule has 0 fully saturated rings. The van der Waals surface area contributed by atoms with E-state index in [0.717, 1.165) is 12.8 Å². The van der Waals surface area contributed by atoms with Crippen LogP contribution in [0.3, 0.4) is 0 Å². The van der Waals surface area contributed by atoms with Crippen LogP contribution >= 0.6 is 0 Å². The fourth-order valence-electron chi connectivity index (χ4n) is 3.29. The molecule has 2 N–H and O–H groups in total. The Kier molecular flexibility index (Phi) is 23.3. The molecule has 0 aromatic carbocycles. The van der Waals surface area contributed by atoms with Crippen molar-refractivity contribution >= 4 is 17.8 Å². The summed E-state index contributed by atoms with van der Waals surface area (Å²) in [7, 11) is 0. The topological polar surface area (TPSA) is 107 Å². The summed E-state index contributed by atoms with van der Waals surface area (Å²) >= 11 is 0. The third kappa shape index (κ3) is 21.9. The summed E-state index contributed by atoms with van der Waals surface area (Å²) in [6.45, 7) is 2.25. The van der Waals surface area contributed by atoms with Gasteiger partial charge in [0.1, 0.15) is 0 Å². The molecule has 0 rings (SSSR count). The number of unbranched alkanes of at least 4 members (excludes halogenated alkanes) is 14. The molecule has 29 heavy (non-hydrogen) atoms. The van der Waals surface area contributed by atoms with Crippen molar-refractivity contribution in [3.8, 4) is 0 Å². The van der Waals surface area contributed by atoms with E-state index in [1.54, 1.807) is 0 Å². The van der Waals surface area contributed by atoms with E-state index < -0.39 is 30.3 Å². The van der Waals surface area contributed by atoms with Gasteiger partial charge in [-0.1, -0.05) is 96.8 Å². The second kappa shape index (κ2) is 22.1. The molecular weight excluding hydrogens is 381 g/mol. The van der Waals surface area contributed by atoms with Gasteiger partial charge in [0.05, 0.1) is 18.4 Å². The number of carbonyl (C=O) groups excluding carboxylic acids is 2. The Bertz CT molecular complexity index is 431. The maximum absolute atomic E-state index is 11.7. The third-order valence-electron chi connectivity index (χ3n) is 5.01. The van der Waals surface area contributed by atoms with Gasteiger partial charge in [-0.15, -0.1) is 0 Å². The predicted octanol–water partition coefficient (Wildman–Crippen LogP) is 0.961. The van der Waals surface area contributed by atoms with E-state index in [1.807, 2.05) is 0 Å². The number of rotatable bonds is 20. The molecule has 0 aromatic heterocycles. The molecule has 0 heterocycles. The number of carboxylic acids is 2. The Balaban J connectivity index is 0. The van der Waals surface area contributed by atoms with Crippen LogP contribution in [0.2, 0.25) is 0 Å². The normalized spacial score (nSPS) is 11.5. The summed E-state index contributed by atoms with van der Waals surface area (Å²) in [5.41, 5.74) is 0. The first-order valence-electron chi connectivity index (χ1n) is 11.2. The summed E-state index contributed by atoms with van der Waals surface area (Å²) in [5, 5.41) is 21.6. The van der Waals surface area contributed by atoms with E-state index in [2.05, 4.69) is 12.2 Å². The molecule has 0 spiro atoms. The van der Waals surface area contributed by atoms with E-state index in [1.165, 1.54) is 77.0 Å². The molecule has 0 aliphatic rings. The first-order chi connectivity index (χ1) is 13.5. The van der Waals surface area contributed by atoms with Crippen LogP contribution < -0.4 is 40.0 Å². The average molecular weight is 422 g/mol. The van der Waals surface area contributed by atoms with Crippen LogP contribution in [0, 0.1) is 0 Å². The average Bonchev–Trinajstić information content (AvgIpc) is 2.64. The molecular formula is C22H40NNaO5. The Morgan fingerprint density at radius 3 is 1.48 bits per heavy atom. The van der Waals surface area contributed by atoms with Gasteiger partial charge in [0.25, 0.3) is 0 Å². The molecule has 0 radical (unpaired) electrons. The largest absolute Gasteiger partial charge is 1.00 e. The van der Waals surface area contributed by atoms with Crippen molar-refractivity contribution in [1.29, 1.82) is 0 Å². The molecule has 0 aliphatic carbocycles. The van der Waals surface area contributed by atoms with Crippen molar-refractivity contribution < 1.29 is 54.2 Å². The predicted molar refractivity (Wildman–Crippen MR) is 109 cm³/mol. The van der Waals surface area contributed by atoms with Crippen molar-refractivity contribution in [2.45, 2.75) is 122 Å². The van der Waals surface area contributed by atoms with E-state index in [-0.39, 0.29) is 36.0 Å². The Labute approximate surface area is 198 Å². The molecule has 0 saturated heterocycles. The third-order valence-corrected chi connectivity index (χ3v) is 5.01. The van der Waals surface area contributed by atoms with Gasteiger partial charge in [-0.05, 0) is 6.42 Å². The zero-order valence-corrected chi connectivity index (χ0v) is 20.7. The standard InChI is InChI=1S/C22H41NO5.Na/c1-2-3-4-5-6-7-8-9-10-11-12-13-14-15-16-17-20(24)23-19(22(27)28)18-21(25)26;/h19H,2-18H2,1H3,(H,23,24)(H,25,26)(H,27,28);/q;+1/p-1. The Hall–Kier alpha value is -0.590. The summed E-state index contributed by atoms with van der Waals surface area (Å²) in [4.78, 5) is 33.0. The maximum Gasteiger partial charge on any atom is 1.00 e. The monoisotopic (exact) mass is 421 g/mol. The Morgan fingerprint density at radius 1 is 0.759 bits per heavy atom. The summed E-state index contributed by atoms with van der Waals surface area (Å²) < 4.78 is 0. The van der Waals surface area contributed by atoms with Gasteiger partial charge in [0.15, 0.2) is 0 Å². The Morgan fingerprint density at radius 2 is 1.14 bits per heavy atom. The van der Waals surface area contributed by atoms with Crippen molar-refractivity contribution in [1.82, 2.24) is 5.32 Å². The van der Waals surface area contributed by atoms with Gasteiger partial charge in [-0.2, -0.15) is 0 Å². The van der Waals surface area contributed by atoms with Gasteiger partial charge in [0.2, 0.25) is 5.91 Å². The molecule has 0 saturated carbocycles. The molecule has 0 aliphatic heterocycles. The number of hydrogen-bond donors (Lipinski definition) is 2. The van der Waals surface area contributed by atoms with Crippen LogP contribution in [-0.4, -0.2) is 29.0 Å². The maximum atomic E-state index is 11.7. The number of aliphatic carboxylic acids is 2. The van der Waals surface area contributed by atoms with Crippen LogP contribution in [-0.2, 0) is 14.4 Å². The fourth-order valence-corrected chi connectivity index (χ4v) is 3.29. The zero-order chi connectivity index (χ0) is 21.0. The van der Waals surface area contributed by atoms with Gasteiger partial charge in [-0.3, -0.25) is 9.59 Å². The molecule has 1 atom stereocenters. The molecule has 7 heteroatoms. The second-order valence-corrected chi connectivity index (χ2v) is 7.74. The van der Waals surface area contributed by atoms with Crippen LogP contribution in [0.15, 0.2) is 0 Å². The quantitative estimate of drug-likeness (QED) is 0.225.